The van der Waals surface area contributed by atoms with Crippen LogP contribution in [0.25, 0.3) is 0 Å². The predicted octanol–water partition coefficient (Wildman–Crippen LogP) is 3.29. The molecule has 0 aliphatic carbocycles. The third kappa shape index (κ3) is 5.17. The number of carbonyl (C=O) groups is 1. The standard InChI is InChI=1S/C22H20OSe2/c1-16-13-17(2)15-18(14-16)21(23)22(24-19-9-5-3-6-10-19)25-20-11-7-4-8-12-20/h3-15,22H,1-2H3. The van der Waals surface area contributed by atoms with E-state index in [9.17, 15) is 4.79 Å². The van der Waals surface area contributed by atoms with Crippen molar-refractivity contribution in [1.82, 2.24) is 0 Å². The van der Waals surface area contributed by atoms with Crippen LogP contribution in [-0.4, -0.2) is 35.7 Å². The van der Waals surface area contributed by atoms with Crippen molar-refractivity contribution in [3.05, 3.63) is 95.6 Å². The number of carbonyl (C=O) groups excluding carboxylic acids is 1. The van der Waals surface area contributed by atoms with Gasteiger partial charge < -0.3 is 0 Å². The van der Waals surface area contributed by atoms with Gasteiger partial charge in [-0.15, -0.1) is 0 Å². The van der Waals surface area contributed by atoms with E-state index in [-0.39, 0.29) is 33.6 Å². The summed E-state index contributed by atoms with van der Waals surface area (Å²) in [5.74, 6) is 0.291. The van der Waals surface area contributed by atoms with Gasteiger partial charge in [-0.1, -0.05) is 0 Å². The summed E-state index contributed by atoms with van der Waals surface area (Å²) in [6.07, 6.45) is 0. The van der Waals surface area contributed by atoms with Crippen LogP contribution in [0.2, 0.25) is 3.71 Å². The van der Waals surface area contributed by atoms with Crippen LogP contribution in [0, 0.1) is 13.8 Å². The molecule has 0 amide bonds. The van der Waals surface area contributed by atoms with Gasteiger partial charge in [0.25, 0.3) is 0 Å². The number of hydrogen-bond donors (Lipinski definition) is 0. The van der Waals surface area contributed by atoms with Crippen molar-refractivity contribution >= 4 is 44.6 Å². The van der Waals surface area contributed by atoms with Crippen LogP contribution < -0.4 is 8.92 Å². The van der Waals surface area contributed by atoms with Crippen molar-refractivity contribution in [3.8, 4) is 0 Å². The van der Waals surface area contributed by atoms with Gasteiger partial charge in [0.15, 0.2) is 0 Å². The summed E-state index contributed by atoms with van der Waals surface area (Å²) in [5, 5.41) is 0. The summed E-state index contributed by atoms with van der Waals surface area (Å²) in [6, 6.07) is 27.1. The first-order valence-corrected chi connectivity index (χ1v) is 11.9. The molecular formula is C22H20OSe2. The molecule has 0 saturated heterocycles. The molecule has 3 aromatic rings. The van der Waals surface area contributed by atoms with Gasteiger partial charge in [0, 0.05) is 0 Å². The molecule has 3 aromatic carbocycles. The number of rotatable bonds is 6. The third-order valence-electron chi connectivity index (χ3n) is 3.69. The van der Waals surface area contributed by atoms with Crippen LogP contribution in [0.1, 0.15) is 21.5 Å². The number of benzene rings is 3. The van der Waals surface area contributed by atoms with Crippen LogP contribution in [0.4, 0.5) is 0 Å². The molecule has 0 unspecified atom stereocenters. The maximum atomic E-state index is 13.3. The first-order chi connectivity index (χ1) is 12.1. The minimum atomic E-state index is 0.0750. The van der Waals surface area contributed by atoms with E-state index >= 15 is 0 Å². The van der Waals surface area contributed by atoms with Crippen LogP contribution >= 0.6 is 0 Å². The zero-order valence-electron chi connectivity index (χ0n) is 14.3. The van der Waals surface area contributed by atoms with Gasteiger partial charge in [0.2, 0.25) is 0 Å². The Morgan fingerprint density at radius 1 is 0.720 bits per heavy atom. The van der Waals surface area contributed by atoms with Crippen molar-refractivity contribution in [2.45, 2.75) is 17.6 Å². The Morgan fingerprint density at radius 2 is 1.16 bits per heavy atom. The number of Topliss-reactive ketones (excluding diaryl/α,β-unsaturated/α-hetero) is 1. The molecule has 0 bridgehead atoms. The molecule has 25 heavy (non-hydrogen) atoms. The molecule has 0 aliphatic heterocycles. The van der Waals surface area contributed by atoms with Gasteiger partial charge >= 0.3 is 163 Å². The van der Waals surface area contributed by atoms with Crippen molar-refractivity contribution in [2.24, 2.45) is 0 Å². The summed E-state index contributed by atoms with van der Waals surface area (Å²) >= 11 is 0.262. The van der Waals surface area contributed by atoms with E-state index in [1.807, 2.05) is 24.3 Å². The Kier molecular flexibility index (Phi) is 6.28. The maximum absolute atomic E-state index is 13.3. The summed E-state index contributed by atoms with van der Waals surface area (Å²) < 4.78 is 2.65. The molecule has 0 heterocycles. The first kappa shape index (κ1) is 18.2. The summed E-state index contributed by atoms with van der Waals surface area (Å²) in [4.78, 5) is 13.3. The molecule has 0 fully saturated rings. The Bertz CT molecular complexity index is 783. The molecule has 0 atom stereocenters. The number of ketones is 1. The Morgan fingerprint density at radius 3 is 1.60 bits per heavy atom. The fourth-order valence-corrected chi connectivity index (χ4v) is 9.05. The van der Waals surface area contributed by atoms with E-state index in [1.54, 1.807) is 0 Å². The zero-order valence-corrected chi connectivity index (χ0v) is 17.7. The van der Waals surface area contributed by atoms with Crippen LogP contribution in [0.15, 0.2) is 78.9 Å². The normalized spacial score (nSPS) is 10.8. The molecule has 0 spiro atoms. The minimum absolute atomic E-state index is 0.0750. The van der Waals surface area contributed by atoms with Crippen molar-refractivity contribution in [3.63, 3.8) is 0 Å². The second kappa shape index (κ2) is 8.65. The van der Waals surface area contributed by atoms with E-state index in [0.717, 1.165) is 16.7 Å². The second-order valence-corrected chi connectivity index (χ2v) is 12.4. The molecule has 0 aliphatic rings. The summed E-state index contributed by atoms with van der Waals surface area (Å²) in [5.41, 5.74) is 3.17. The van der Waals surface area contributed by atoms with Crippen LogP contribution in [-0.2, 0) is 0 Å². The Hall–Kier alpha value is -1.63. The predicted molar refractivity (Wildman–Crippen MR) is 108 cm³/mol. The molecule has 0 aromatic heterocycles. The molecular weight excluding hydrogens is 438 g/mol. The number of aryl methyl sites for hydroxylation is 2. The summed E-state index contributed by atoms with van der Waals surface area (Å²) in [6.45, 7) is 4.12. The quantitative estimate of drug-likeness (QED) is 0.410. The number of hydrogen-bond acceptors (Lipinski definition) is 1. The monoisotopic (exact) mass is 460 g/mol. The van der Waals surface area contributed by atoms with E-state index in [4.69, 9.17) is 0 Å². The van der Waals surface area contributed by atoms with Crippen molar-refractivity contribution in [2.75, 3.05) is 0 Å². The second-order valence-electron chi connectivity index (χ2n) is 5.93. The van der Waals surface area contributed by atoms with Gasteiger partial charge in [0.1, 0.15) is 0 Å². The summed E-state index contributed by atoms with van der Waals surface area (Å²) in [7, 11) is 0. The molecule has 0 saturated carbocycles. The van der Waals surface area contributed by atoms with E-state index < -0.39 is 0 Å². The van der Waals surface area contributed by atoms with E-state index in [0.29, 0.717) is 5.78 Å². The Labute approximate surface area is 162 Å². The zero-order chi connectivity index (χ0) is 17.6. The molecule has 1 nitrogen and oxygen atoms in total. The van der Waals surface area contributed by atoms with Crippen molar-refractivity contribution < 1.29 is 4.79 Å². The molecule has 126 valence electrons. The van der Waals surface area contributed by atoms with Gasteiger partial charge in [-0.2, -0.15) is 0 Å². The van der Waals surface area contributed by atoms with Crippen LogP contribution in [0.5, 0.6) is 0 Å². The molecule has 3 heteroatoms. The van der Waals surface area contributed by atoms with E-state index in [1.165, 1.54) is 8.92 Å². The van der Waals surface area contributed by atoms with Gasteiger partial charge in [-0.25, -0.2) is 0 Å². The molecule has 3 rings (SSSR count). The van der Waals surface area contributed by atoms with Gasteiger partial charge in [-0.3, -0.25) is 0 Å². The van der Waals surface area contributed by atoms with Crippen LogP contribution in [0.3, 0.4) is 0 Å². The molecule has 0 radical (unpaired) electrons. The van der Waals surface area contributed by atoms with Gasteiger partial charge in [-0.05, 0) is 0 Å². The topological polar surface area (TPSA) is 17.1 Å². The average molecular weight is 458 g/mol. The Balaban J connectivity index is 1.90. The fraction of sp³-hybridized carbons (Fsp3) is 0.136. The first-order valence-electron chi connectivity index (χ1n) is 8.18. The van der Waals surface area contributed by atoms with Crippen molar-refractivity contribution in [1.29, 1.82) is 0 Å². The third-order valence-corrected chi connectivity index (χ3v) is 9.87. The molecule has 0 N–H and O–H groups in total. The fourth-order valence-electron chi connectivity index (χ4n) is 2.63. The SMILES string of the molecule is Cc1cc(C)cc(C(=O)C([Se]c2ccccc2)[Se]c2ccccc2)c1. The van der Waals surface area contributed by atoms with E-state index in [2.05, 4.69) is 68.4 Å². The average Bonchev–Trinajstić information content (AvgIpc) is 2.61. The van der Waals surface area contributed by atoms with Gasteiger partial charge in [0.05, 0.1) is 0 Å².